The van der Waals surface area contributed by atoms with Gasteiger partial charge in [0.25, 0.3) is 0 Å². The van der Waals surface area contributed by atoms with E-state index in [-0.39, 0.29) is 10.7 Å². The summed E-state index contributed by atoms with van der Waals surface area (Å²) in [6.45, 7) is 8.31. The van der Waals surface area contributed by atoms with Gasteiger partial charge in [0, 0.05) is 17.2 Å². The lowest BCUT2D eigenvalue weighted by Gasteiger charge is -2.21. The van der Waals surface area contributed by atoms with E-state index in [1.807, 2.05) is 18.2 Å². The zero-order valence-electron chi connectivity index (χ0n) is 7.55. The summed E-state index contributed by atoms with van der Waals surface area (Å²) in [6, 6.07) is 0.328. The third-order valence-corrected chi connectivity index (χ3v) is 3.10. The van der Waals surface area contributed by atoms with Crippen molar-refractivity contribution in [2.45, 2.75) is 44.9 Å². The van der Waals surface area contributed by atoms with Gasteiger partial charge in [-0.3, -0.25) is 9.10 Å². The predicted molar refractivity (Wildman–Crippen MR) is 48.3 cm³/mol. The fraction of sp³-hybridized carbons (Fsp3) is 0.875. The normalized spacial score (nSPS) is 23.4. The summed E-state index contributed by atoms with van der Waals surface area (Å²) in [5.41, 5.74) is 0. The highest BCUT2D eigenvalue weighted by Gasteiger charge is 2.37. The summed E-state index contributed by atoms with van der Waals surface area (Å²) >= 11 is 1.67. The Hall–Kier alpha value is -0.180. The van der Waals surface area contributed by atoms with Gasteiger partial charge in [0.1, 0.15) is 0 Å². The van der Waals surface area contributed by atoms with Crippen LogP contribution in [0.1, 0.15) is 34.1 Å². The van der Waals surface area contributed by atoms with Crippen molar-refractivity contribution in [3.05, 3.63) is 0 Å². The van der Waals surface area contributed by atoms with Crippen LogP contribution in [-0.2, 0) is 4.79 Å². The number of hydrogen-bond donors (Lipinski definition) is 0. The van der Waals surface area contributed by atoms with E-state index in [0.717, 1.165) is 0 Å². The highest BCUT2D eigenvalue weighted by atomic mass is 32.2. The quantitative estimate of drug-likeness (QED) is 0.566. The molecular formula is C8H15NOS. The molecule has 1 fully saturated rings. The van der Waals surface area contributed by atoms with Crippen molar-refractivity contribution in [1.82, 2.24) is 4.31 Å². The molecule has 0 radical (unpaired) electrons. The second-order valence-corrected chi connectivity index (χ2v) is 5.52. The average Bonchev–Trinajstić information content (AvgIpc) is 2.05. The van der Waals surface area contributed by atoms with Gasteiger partial charge in [0.2, 0.25) is 5.91 Å². The molecule has 0 unspecified atom stereocenters. The minimum absolute atomic E-state index is 0.112. The van der Waals surface area contributed by atoms with Crippen molar-refractivity contribution >= 4 is 17.9 Å². The monoisotopic (exact) mass is 173 g/mol. The van der Waals surface area contributed by atoms with Crippen LogP contribution in [0.15, 0.2) is 0 Å². The Bertz CT molecular complexity index is 177. The van der Waals surface area contributed by atoms with Crippen molar-refractivity contribution in [2.75, 3.05) is 0 Å². The molecule has 0 aliphatic carbocycles. The Kier molecular flexibility index (Phi) is 2.19. The molecule has 3 heteroatoms. The van der Waals surface area contributed by atoms with E-state index < -0.39 is 0 Å². The number of rotatable bonds is 1. The molecule has 0 aromatic rings. The highest BCUT2D eigenvalue weighted by Crippen LogP contribution is 2.40. The van der Waals surface area contributed by atoms with Gasteiger partial charge in [-0.2, -0.15) is 0 Å². The van der Waals surface area contributed by atoms with E-state index >= 15 is 0 Å². The van der Waals surface area contributed by atoms with Gasteiger partial charge in [-0.05, 0) is 39.6 Å². The lowest BCUT2D eigenvalue weighted by Crippen LogP contribution is -2.25. The van der Waals surface area contributed by atoms with E-state index in [1.165, 1.54) is 0 Å². The van der Waals surface area contributed by atoms with Gasteiger partial charge in [-0.15, -0.1) is 0 Å². The van der Waals surface area contributed by atoms with Crippen molar-refractivity contribution in [3.8, 4) is 0 Å². The Balaban J connectivity index is 2.67. The molecule has 0 spiro atoms. The van der Waals surface area contributed by atoms with Crippen molar-refractivity contribution in [3.63, 3.8) is 0 Å². The molecule has 1 amide bonds. The number of nitrogens with zero attached hydrogens (tertiary/aromatic N) is 1. The van der Waals surface area contributed by atoms with Crippen LogP contribution < -0.4 is 0 Å². The summed E-state index contributed by atoms with van der Waals surface area (Å²) < 4.78 is 1.99. The van der Waals surface area contributed by atoms with Crippen LogP contribution in [0.2, 0.25) is 0 Å². The first-order valence-corrected chi connectivity index (χ1v) is 4.71. The fourth-order valence-electron chi connectivity index (χ4n) is 1.18. The molecule has 0 saturated carbocycles. The molecule has 0 aromatic heterocycles. The second-order valence-electron chi connectivity index (χ2n) is 3.84. The fourth-order valence-corrected chi connectivity index (χ4v) is 2.28. The summed E-state index contributed by atoms with van der Waals surface area (Å²) in [4.78, 5) is 11.3. The Morgan fingerprint density at radius 3 is 2.27 bits per heavy atom. The molecular weight excluding hydrogens is 158 g/mol. The molecule has 0 atom stereocenters. The van der Waals surface area contributed by atoms with Crippen LogP contribution in [0.25, 0.3) is 0 Å². The summed E-state index contributed by atoms with van der Waals surface area (Å²) in [5, 5.41) is 0. The predicted octanol–water partition coefficient (Wildman–Crippen LogP) is 2.05. The van der Waals surface area contributed by atoms with Crippen LogP contribution in [-0.4, -0.2) is 21.0 Å². The van der Waals surface area contributed by atoms with E-state index in [1.54, 1.807) is 11.9 Å². The minimum Gasteiger partial charge on any atom is -0.283 e. The summed E-state index contributed by atoms with van der Waals surface area (Å²) in [6.07, 6.45) is 0.676. The molecule has 0 N–H and O–H groups in total. The maximum atomic E-state index is 11.3. The SMILES string of the molecule is CC(C)N1SC(C)(C)CC1=O. The van der Waals surface area contributed by atoms with Gasteiger partial charge in [-0.25, -0.2) is 0 Å². The summed E-state index contributed by atoms with van der Waals surface area (Å²) in [5.74, 6) is 0.273. The number of carbonyl (C=O) groups is 1. The number of hydrogen-bond acceptors (Lipinski definition) is 2. The first kappa shape index (κ1) is 8.91. The van der Waals surface area contributed by atoms with Crippen LogP contribution in [0, 0.1) is 0 Å². The molecule has 1 aliphatic rings. The average molecular weight is 173 g/mol. The molecule has 0 bridgehead atoms. The van der Waals surface area contributed by atoms with Gasteiger partial charge in [0.15, 0.2) is 0 Å². The largest absolute Gasteiger partial charge is 0.283 e. The molecule has 1 saturated heterocycles. The molecule has 11 heavy (non-hydrogen) atoms. The van der Waals surface area contributed by atoms with Gasteiger partial charge in [0.05, 0.1) is 0 Å². The van der Waals surface area contributed by atoms with Crippen LogP contribution >= 0.6 is 11.9 Å². The molecule has 0 aromatic carbocycles. The molecule has 2 nitrogen and oxygen atoms in total. The van der Waals surface area contributed by atoms with Crippen LogP contribution in [0.3, 0.4) is 0 Å². The first-order chi connectivity index (χ1) is 4.92. The van der Waals surface area contributed by atoms with Crippen molar-refractivity contribution in [2.24, 2.45) is 0 Å². The van der Waals surface area contributed by atoms with Crippen molar-refractivity contribution in [1.29, 1.82) is 0 Å². The number of amides is 1. The topological polar surface area (TPSA) is 20.3 Å². The lowest BCUT2D eigenvalue weighted by molar-refractivity contribution is -0.126. The lowest BCUT2D eigenvalue weighted by atomic mass is 10.1. The Morgan fingerprint density at radius 2 is 2.09 bits per heavy atom. The number of carbonyl (C=O) groups excluding carboxylic acids is 1. The van der Waals surface area contributed by atoms with E-state index in [0.29, 0.717) is 12.5 Å². The van der Waals surface area contributed by atoms with E-state index in [4.69, 9.17) is 0 Å². The Morgan fingerprint density at radius 1 is 1.55 bits per heavy atom. The first-order valence-electron chi connectivity index (χ1n) is 3.93. The smallest absolute Gasteiger partial charge is 0.234 e. The maximum Gasteiger partial charge on any atom is 0.234 e. The van der Waals surface area contributed by atoms with Gasteiger partial charge < -0.3 is 0 Å². The van der Waals surface area contributed by atoms with Crippen molar-refractivity contribution < 1.29 is 4.79 Å². The van der Waals surface area contributed by atoms with E-state index in [2.05, 4.69) is 13.8 Å². The zero-order valence-corrected chi connectivity index (χ0v) is 8.36. The van der Waals surface area contributed by atoms with Gasteiger partial charge >= 0.3 is 0 Å². The molecule has 1 heterocycles. The third-order valence-electron chi connectivity index (χ3n) is 1.64. The maximum absolute atomic E-state index is 11.3. The van der Waals surface area contributed by atoms with Crippen LogP contribution in [0.4, 0.5) is 0 Å². The minimum atomic E-state index is 0.112. The molecule has 1 rings (SSSR count). The second kappa shape index (κ2) is 2.70. The zero-order chi connectivity index (χ0) is 8.65. The highest BCUT2D eigenvalue weighted by molar-refractivity contribution is 7.99. The Labute approximate surface area is 72.5 Å². The van der Waals surface area contributed by atoms with E-state index in [9.17, 15) is 4.79 Å². The van der Waals surface area contributed by atoms with Crippen LogP contribution in [0.5, 0.6) is 0 Å². The summed E-state index contributed by atoms with van der Waals surface area (Å²) in [7, 11) is 0. The standard InChI is InChI=1S/C8H15NOS/c1-6(2)9-7(10)5-8(3,4)11-9/h6H,5H2,1-4H3. The third kappa shape index (κ3) is 1.89. The van der Waals surface area contributed by atoms with Gasteiger partial charge in [-0.1, -0.05) is 0 Å². The molecule has 1 aliphatic heterocycles. The molecule has 64 valence electrons.